The molecule has 17 heavy (non-hydrogen) atoms. The summed E-state index contributed by atoms with van der Waals surface area (Å²) in [6, 6.07) is 8.39. The van der Waals surface area contributed by atoms with Gasteiger partial charge in [0.2, 0.25) is 0 Å². The number of ether oxygens (including phenoxy) is 1. The third-order valence-electron chi connectivity index (χ3n) is 3.40. The Hall–Kier alpha value is -0.860. The van der Waals surface area contributed by atoms with Crippen molar-refractivity contribution >= 4 is 0 Å². The maximum Gasteiger partial charge on any atom is 0.0605 e. The van der Waals surface area contributed by atoms with Crippen molar-refractivity contribution in [1.29, 1.82) is 0 Å². The standard InChI is InChI=1S/C15H22O2/c1-12-5-7-13(8-6-12)10-14(16)11-15-4-2-3-9-17-15/h5-8,14-16H,2-4,9-11H2,1H3. The van der Waals surface area contributed by atoms with Crippen LogP contribution in [0.5, 0.6) is 0 Å². The van der Waals surface area contributed by atoms with E-state index < -0.39 is 0 Å². The van der Waals surface area contributed by atoms with Crippen molar-refractivity contribution in [2.45, 2.75) is 51.2 Å². The first-order valence-electron chi connectivity index (χ1n) is 6.59. The van der Waals surface area contributed by atoms with Crippen LogP contribution in [-0.2, 0) is 11.2 Å². The van der Waals surface area contributed by atoms with Gasteiger partial charge in [0.05, 0.1) is 12.2 Å². The maximum atomic E-state index is 10.0. The van der Waals surface area contributed by atoms with E-state index >= 15 is 0 Å². The summed E-state index contributed by atoms with van der Waals surface area (Å²) in [4.78, 5) is 0. The van der Waals surface area contributed by atoms with E-state index in [2.05, 4.69) is 31.2 Å². The Morgan fingerprint density at radius 3 is 2.71 bits per heavy atom. The number of aliphatic hydroxyl groups is 1. The van der Waals surface area contributed by atoms with Gasteiger partial charge in [0, 0.05) is 6.61 Å². The van der Waals surface area contributed by atoms with E-state index in [9.17, 15) is 5.11 Å². The minimum atomic E-state index is -0.277. The van der Waals surface area contributed by atoms with Gasteiger partial charge in [0.15, 0.2) is 0 Å². The molecule has 1 saturated heterocycles. The first-order valence-corrected chi connectivity index (χ1v) is 6.59. The average Bonchev–Trinajstić information content (AvgIpc) is 2.33. The van der Waals surface area contributed by atoms with E-state index in [1.54, 1.807) is 0 Å². The molecule has 94 valence electrons. The zero-order valence-corrected chi connectivity index (χ0v) is 10.6. The molecular formula is C15H22O2. The van der Waals surface area contributed by atoms with Gasteiger partial charge in [-0.1, -0.05) is 29.8 Å². The molecule has 1 fully saturated rings. The van der Waals surface area contributed by atoms with E-state index in [-0.39, 0.29) is 12.2 Å². The Labute approximate surface area is 104 Å². The molecule has 0 saturated carbocycles. The lowest BCUT2D eigenvalue weighted by Crippen LogP contribution is -2.25. The predicted molar refractivity (Wildman–Crippen MR) is 69.1 cm³/mol. The summed E-state index contributed by atoms with van der Waals surface area (Å²) in [5.74, 6) is 0. The summed E-state index contributed by atoms with van der Waals surface area (Å²) in [5, 5.41) is 10.0. The highest BCUT2D eigenvalue weighted by molar-refractivity contribution is 5.21. The van der Waals surface area contributed by atoms with Gasteiger partial charge in [0.1, 0.15) is 0 Å². The molecule has 2 rings (SSSR count). The van der Waals surface area contributed by atoms with Crippen molar-refractivity contribution in [2.24, 2.45) is 0 Å². The second-order valence-electron chi connectivity index (χ2n) is 5.07. The monoisotopic (exact) mass is 234 g/mol. The molecule has 0 bridgehead atoms. The average molecular weight is 234 g/mol. The van der Waals surface area contributed by atoms with Gasteiger partial charge >= 0.3 is 0 Å². The molecular weight excluding hydrogens is 212 g/mol. The van der Waals surface area contributed by atoms with Crippen LogP contribution >= 0.6 is 0 Å². The molecule has 0 aromatic heterocycles. The largest absolute Gasteiger partial charge is 0.393 e. The van der Waals surface area contributed by atoms with Crippen molar-refractivity contribution in [1.82, 2.24) is 0 Å². The quantitative estimate of drug-likeness (QED) is 0.868. The van der Waals surface area contributed by atoms with Crippen molar-refractivity contribution in [3.63, 3.8) is 0 Å². The molecule has 2 unspecified atom stereocenters. The number of hydrogen-bond acceptors (Lipinski definition) is 2. The Balaban J connectivity index is 1.79. The molecule has 1 aliphatic heterocycles. The Kier molecular flexibility index (Phi) is 4.57. The fourth-order valence-corrected chi connectivity index (χ4v) is 2.38. The molecule has 1 aromatic carbocycles. The fourth-order valence-electron chi connectivity index (χ4n) is 2.38. The summed E-state index contributed by atoms with van der Waals surface area (Å²) >= 11 is 0. The number of rotatable bonds is 4. The normalized spacial score (nSPS) is 22.4. The molecule has 0 radical (unpaired) electrons. The second kappa shape index (κ2) is 6.18. The molecule has 2 nitrogen and oxygen atoms in total. The van der Waals surface area contributed by atoms with Crippen LogP contribution < -0.4 is 0 Å². The van der Waals surface area contributed by atoms with Gasteiger partial charge in [-0.05, 0) is 44.6 Å². The third-order valence-corrected chi connectivity index (χ3v) is 3.40. The lowest BCUT2D eigenvalue weighted by Gasteiger charge is -2.24. The maximum absolute atomic E-state index is 10.0. The first-order chi connectivity index (χ1) is 8.24. The van der Waals surface area contributed by atoms with E-state index in [1.807, 2.05) is 0 Å². The SMILES string of the molecule is Cc1ccc(CC(O)CC2CCCCO2)cc1. The van der Waals surface area contributed by atoms with E-state index in [0.29, 0.717) is 0 Å². The van der Waals surface area contributed by atoms with Crippen LogP contribution in [0.25, 0.3) is 0 Å². The number of benzene rings is 1. The molecule has 0 aliphatic carbocycles. The Morgan fingerprint density at radius 2 is 2.06 bits per heavy atom. The highest BCUT2D eigenvalue weighted by Gasteiger charge is 2.18. The number of aryl methyl sites for hydroxylation is 1. The van der Waals surface area contributed by atoms with Crippen LogP contribution in [0.3, 0.4) is 0 Å². The van der Waals surface area contributed by atoms with Crippen LogP contribution in [-0.4, -0.2) is 23.9 Å². The van der Waals surface area contributed by atoms with Gasteiger partial charge in [-0.25, -0.2) is 0 Å². The zero-order chi connectivity index (χ0) is 12.1. The van der Waals surface area contributed by atoms with Crippen molar-refractivity contribution in [3.8, 4) is 0 Å². The molecule has 2 atom stereocenters. The molecule has 0 spiro atoms. The van der Waals surface area contributed by atoms with Crippen LogP contribution in [0.4, 0.5) is 0 Å². The topological polar surface area (TPSA) is 29.5 Å². The van der Waals surface area contributed by atoms with Gasteiger partial charge in [-0.3, -0.25) is 0 Å². The Morgan fingerprint density at radius 1 is 1.29 bits per heavy atom. The number of aliphatic hydroxyl groups excluding tert-OH is 1. The molecule has 2 heteroatoms. The van der Waals surface area contributed by atoms with Gasteiger partial charge in [-0.2, -0.15) is 0 Å². The summed E-state index contributed by atoms with van der Waals surface area (Å²) < 4.78 is 5.65. The second-order valence-corrected chi connectivity index (χ2v) is 5.07. The highest BCUT2D eigenvalue weighted by Crippen LogP contribution is 2.18. The Bertz CT molecular complexity index is 325. The van der Waals surface area contributed by atoms with E-state index in [4.69, 9.17) is 4.74 Å². The van der Waals surface area contributed by atoms with Crippen molar-refractivity contribution in [2.75, 3.05) is 6.61 Å². The molecule has 1 aliphatic rings. The highest BCUT2D eigenvalue weighted by atomic mass is 16.5. The van der Waals surface area contributed by atoms with E-state index in [1.165, 1.54) is 24.0 Å². The zero-order valence-electron chi connectivity index (χ0n) is 10.6. The van der Waals surface area contributed by atoms with Gasteiger partial charge in [0.25, 0.3) is 0 Å². The smallest absolute Gasteiger partial charge is 0.0605 e. The van der Waals surface area contributed by atoms with Crippen LogP contribution in [0.1, 0.15) is 36.8 Å². The molecule has 1 heterocycles. The van der Waals surface area contributed by atoms with Crippen LogP contribution in [0, 0.1) is 6.92 Å². The summed E-state index contributed by atoms with van der Waals surface area (Å²) in [6.45, 7) is 2.94. The summed E-state index contributed by atoms with van der Waals surface area (Å²) in [5.41, 5.74) is 2.47. The minimum absolute atomic E-state index is 0.268. The van der Waals surface area contributed by atoms with Gasteiger partial charge in [-0.15, -0.1) is 0 Å². The molecule has 1 N–H and O–H groups in total. The van der Waals surface area contributed by atoms with Crippen molar-refractivity contribution < 1.29 is 9.84 Å². The van der Waals surface area contributed by atoms with Crippen molar-refractivity contribution in [3.05, 3.63) is 35.4 Å². The lowest BCUT2D eigenvalue weighted by atomic mass is 9.98. The van der Waals surface area contributed by atoms with Gasteiger partial charge < -0.3 is 9.84 Å². The first kappa shape index (κ1) is 12.6. The fraction of sp³-hybridized carbons (Fsp3) is 0.600. The summed E-state index contributed by atoms with van der Waals surface area (Å²) in [7, 11) is 0. The van der Waals surface area contributed by atoms with Crippen LogP contribution in [0.15, 0.2) is 24.3 Å². The summed E-state index contributed by atoms with van der Waals surface area (Å²) in [6.07, 6.45) is 5.01. The third kappa shape index (κ3) is 4.14. The predicted octanol–water partition coefficient (Wildman–Crippen LogP) is 2.86. The lowest BCUT2D eigenvalue weighted by molar-refractivity contribution is -0.0147. The minimum Gasteiger partial charge on any atom is -0.393 e. The number of hydrogen-bond donors (Lipinski definition) is 1. The molecule has 0 amide bonds. The molecule has 1 aromatic rings. The van der Waals surface area contributed by atoms with Crippen LogP contribution in [0.2, 0.25) is 0 Å². The van der Waals surface area contributed by atoms with E-state index in [0.717, 1.165) is 25.9 Å².